The Labute approximate surface area is 117 Å². The van der Waals surface area contributed by atoms with E-state index in [1.807, 2.05) is 20.0 Å². The van der Waals surface area contributed by atoms with Crippen LogP contribution in [0, 0.1) is 6.92 Å². The smallest absolute Gasteiger partial charge is 0.336 e. The van der Waals surface area contributed by atoms with Crippen LogP contribution in [0.15, 0.2) is 6.07 Å². The lowest BCUT2D eigenvalue weighted by atomic mass is 10.3. The van der Waals surface area contributed by atoms with Gasteiger partial charge in [0.05, 0.1) is 17.7 Å². The number of H-pyrrole nitrogens is 1. The first kappa shape index (κ1) is 12.6. The number of hydrogen-bond acceptors (Lipinski definition) is 6. The van der Waals surface area contributed by atoms with Crippen LogP contribution in [0.3, 0.4) is 0 Å². The molecule has 3 heterocycles. The maximum atomic E-state index is 12.1. The van der Waals surface area contributed by atoms with Crippen LogP contribution in [0.25, 0.3) is 10.2 Å². The van der Waals surface area contributed by atoms with Crippen LogP contribution in [0.5, 0.6) is 6.01 Å². The number of hydrogen-bond donors (Lipinski definition) is 2. The molecule has 0 aliphatic rings. The summed E-state index contributed by atoms with van der Waals surface area (Å²) in [6, 6.07) is 2.00. The second-order valence-electron chi connectivity index (χ2n) is 4.16. The number of fused-ring (bicyclic) bond motifs is 1. The quantitative estimate of drug-likeness (QED) is 0.758. The lowest BCUT2D eigenvalue weighted by molar-refractivity contribution is 0.103. The van der Waals surface area contributed by atoms with Crippen molar-refractivity contribution in [3.63, 3.8) is 0 Å². The molecule has 1 amide bonds. The van der Waals surface area contributed by atoms with E-state index >= 15 is 0 Å². The van der Waals surface area contributed by atoms with Crippen molar-refractivity contribution in [2.75, 3.05) is 12.4 Å². The van der Waals surface area contributed by atoms with Crippen molar-refractivity contribution in [3.05, 3.63) is 16.6 Å². The first-order valence-electron chi connectivity index (χ1n) is 5.79. The highest BCUT2D eigenvalue weighted by Crippen LogP contribution is 2.27. The molecule has 0 bridgehead atoms. The maximum Gasteiger partial charge on any atom is 0.336 e. The zero-order valence-corrected chi connectivity index (χ0v) is 11.9. The van der Waals surface area contributed by atoms with E-state index in [9.17, 15) is 4.79 Å². The second-order valence-corrected chi connectivity index (χ2v) is 5.19. The van der Waals surface area contributed by atoms with Gasteiger partial charge >= 0.3 is 6.01 Å². The molecule has 20 heavy (non-hydrogen) atoms. The fourth-order valence-corrected chi connectivity index (χ4v) is 2.90. The lowest BCUT2D eigenvalue weighted by Crippen LogP contribution is -2.11. The number of carbonyl (C=O) groups excluding carboxylic acids is 1. The Morgan fingerprint density at radius 2 is 2.35 bits per heavy atom. The number of ether oxygens (including phenoxy) is 1. The third-order valence-electron chi connectivity index (χ3n) is 2.80. The van der Waals surface area contributed by atoms with Crippen molar-refractivity contribution in [3.8, 4) is 6.01 Å². The van der Waals surface area contributed by atoms with Crippen LogP contribution in [-0.4, -0.2) is 38.0 Å². The van der Waals surface area contributed by atoms with Crippen LogP contribution >= 0.6 is 11.3 Å². The molecule has 8 nitrogen and oxygen atoms in total. The van der Waals surface area contributed by atoms with Gasteiger partial charge < -0.3 is 4.74 Å². The predicted octanol–water partition coefficient (Wildman–Crippen LogP) is 1.32. The molecular weight excluding hydrogens is 280 g/mol. The molecule has 2 N–H and O–H groups in total. The molecule has 9 heteroatoms. The van der Waals surface area contributed by atoms with Crippen molar-refractivity contribution in [2.45, 2.75) is 6.92 Å². The van der Waals surface area contributed by atoms with Gasteiger partial charge in [0.1, 0.15) is 4.83 Å². The van der Waals surface area contributed by atoms with Crippen LogP contribution in [0.1, 0.15) is 15.4 Å². The largest absolute Gasteiger partial charge is 0.466 e. The summed E-state index contributed by atoms with van der Waals surface area (Å²) in [6.07, 6.45) is 0. The number of nitrogens with one attached hydrogen (secondary N) is 2. The molecule has 0 spiro atoms. The molecule has 3 aromatic rings. The fraction of sp³-hybridized carbons (Fsp3) is 0.273. The first-order valence-corrected chi connectivity index (χ1v) is 6.61. The Bertz CT molecular complexity index is 752. The average Bonchev–Trinajstić information content (AvgIpc) is 3.08. The number of aromatic nitrogens is 5. The minimum atomic E-state index is -0.246. The normalized spacial score (nSPS) is 10.9. The van der Waals surface area contributed by atoms with Crippen molar-refractivity contribution in [2.24, 2.45) is 7.05 Å². The minimum Gasteiger partial charge on any atom is -0.466 e. The number of carbonyl (C=O) groups is 1. The van der Waals surface area contributed by atoms with Gasteiger partial charge in [-0.05, 0) is 13.0 Å². The summed E-state index contributed by atoms with van der Waals surface area (Å²) in [4.78, 5) is 17.6. The first-order chi connectivity index (χ1) is 9.58. The minimum absolute atomic E-state index is 0.177. The molecular formula is C11H12N6O2S. The average molecular weight is 292 g/mol. The number of anilines is 1. The topological polar surface area (TPSA) is 97.7 Å². The highest BCUT2D eigenvalue weighted by atomic mass is 32.1. The van der Waals surface area contributed by atoms with E-state index in [0.717, 1.165) is 15.9 Å². The Kier molecular flexibility index (Phi) is 2.90. The summed E-state index contributed by atoms with van der Waals surface area (Å²) in [5.41, 5.74) is 0.902. The second kappa shape index (κ2) is 4.60. The zero-order valence-electron chi connectivity index (χ0n) is 11.1. The van der Waals surface area contributed by atoms with Gasteiger partial charge in [-0.3, -0.25) is 14.8 Å². The third-order valence-corrected chi connectivity index (χ3v) is 4.00. The number of amides is 1. The molecule has 0 aliphatic carbocycles. The highest BCUT2D eigenvalue weighted by Gasteiger charge is 2.16. The Morgan fingerprint density at radius 3 is 3.00 bits per heavy atom. The van der Waals surface area contributed by atoms with E-state index in [0.29, 0.717) is 4.88 Å². The van der Waals surface area contributed by atoms with E-state index in [1.54, 1.807) is 4.68 Å². The van der Waals surface area contributed by atoms with Crippen molar-refractivity contribution < 1.29 is 9.53 Å². The fourth-order valence-electron chi connectivity index (χ4n) is 1.88. The number of nitrogens with zero attached hydrogens (tertiary/aromatic N) is 4. The molecule has 0 radical (unpaired) electrons. The molecule has 0 aromatic carbocycles. The van der Waals surface area contributed by atoms with Crippen molar-refractivity contribution in [1.29, 1.82) is 0 Å². The van der Waals surface area contributed by atoms with Crippen LogP contribution < -0.4 is 10.1 Å². The van der Waals surface area contributed by atoms with Crippen molar-refractivity contribution >= 4 is 33.4 Å². The van der Waals surface area contributed by atoms with Crippen LogP contribution in [-0.2, 0) is 7.05 Å². The lowest BCUT2D eigenvalue weighted by Gasteiger charge is -1.97. The molecule has 3 rings (SSSR count). The van der Waals surface area contributed by atoms with Gasteiger partial charge in [-0.15, -0.1) is 16.4 Å². The summed E-state index contributed by atoms with van der Waals surface area (Å²) in [5, 5.41) is 14.3. The van der Waals surface area contributed by atoms with Crippen molar-refractivity contribution in [1.82, 2.24) is 25.0 Å². The summed E-state index contributed by atoms with van der Waals surface area (Å²) in [7, 11) is 3.31. The molecule has 0 saturated heterocycles. The number of methoxy groups -OCH3 is 1. The van der Waals surface area contributed by atoms with Gasteiger partial charge in [0.15, 0.2) is 0 Å². The molecule has 104 valence electrons. The van der Waals surface area contributed by atoms with Gasteiger partial charge in [-0.1, -0.05) is 0 Å². The summed E-state index contributed by atoms with van der Waals surface area (Å²) < 4.78 is 6.60. The SMILES string of the molecule is COc1n[nH]c(NC(=O)c2cc3c(C)nn(C)c3s2)n1. The summed E-state index contributed by atoms with van der Waals surface area (Å²) in [6.45, 7) is 1.91. The van der Waals surface area contributed by atoms with Gasteiger partial charge in [-0.25, -0.2) is 5.10 Å². The highest BCUT2D eigenvalue weighted by molar-refractivity contribution is 7.20. The Balaban J connectivity index is 1.86. The van der Waals surface area contributed by atoms with Crippen LogP contribution in [0.2, 0.25) is 0 Å². The number of rotatable bonds is 3. The monoisotopic (exact) mass is 292 g/mol. The van der Waals surface area contributed by atoms with Crippen LogP contribution in [0.4, 0.5) is 5.95 Å². The summed E-state index contributed by atoms with van der Waals surface area (Å²) >= 11 is 1.38. The molecule has 0 aliphatic heterocycles. The van der Waals surface area contributed by atoms with Gasteiger partial charge in [0, 0.05) is 12.4 Å². The Hall–Kier alpha value is -2.42. The number of aromatic amines is 1. The molecule has 0 fully saturated rings. The molecule has 3 aromatic heterocycles. The Morgan fingerprint density at radius 1 is 1.55 bits per heavy atom. The predicted molar refractivity (Wildman–Crippen MR) is 74.2 cm³/mol. The number of aryl methyl sites for hydroxylation is 2. The van der Waals surface area contributed by atoms with Gasteiger partial charge in [0.25, 0.3) is 5.91 Å². The number of thiophene rings is 1. The standard InChI is InChI=1S/C11H12N6O2S/c1-5-6-4-7(20-9(6)17(2)16-5)8(18)12-10-13-11(19-3)15-14-10/h4H,1-3H3,(H2,12,13,14,15,18). The zero-order chi connectivity index (χ0) is 14.3. The molecule has 0 saturated carbocycles. The summed E-state index contributed by atoms with van der Waals surface area (Å²) in [5.74, 6) is 0.00329. The van der Waals surface area contributed by atoms with E-state index < -0.39 is 0 Å². The third kappa shape index (κ3) is 2.01. The maximum absolute atomic E-state index is 12.1. The van der Waals surface area contributed by atoms with E-state index in [2.05, 4.69) is 25.6 Å². The van der Waals surface area contributed by atoms with E-state index in [4.69, 9.17) is 4.74 Å². The van der Waals surface area contributed by atoms with Gasteiger partial charge in [0.2, 0.25) is 5.95 Å². The molecule has 0 unspecified atom stereocenters. The van der Waals surface area contributed by atoms with Gasteiger partial charge in [-0.2, -0.15) is 10.1 Å². The van der Waals surface area contributed by atoms with E-state index in [-0.39, 0.29) is 17.9 Å². The molecule has 0 atom stereocenters. The van der Waals surface area contributed by atoms with E-state index in [1.165, 1.54) is 18.4 Å².